The average Bonchev–Trinajstić information content (AvgIpc) is 2.47. The van der Waals surface area contributed by atoms with Gasteiger partial charge in [0.25, 0.3) is 0 Å². The summed E-state index contributed by atoms with van der Waals surface area (Å²) in [6.07, 6.45) is 2.20. The molecule has 8 heteroatoms. The van der Waals surface area contributed by atoms with Crippen LogP contribution in [0.4, 0.5) is 0 Å². The highest BCUT2D eigenvalue weighted by Crippen LogP contribution is 2.15. The Kier molecular flexibility index (Phi) is 11.0. The predicted octanol–water partition coefficient (Wildman–Crippen LogP) is 0.895. The van der Waals surface area contributed by atoms with E-state index >= 15 is 0 Å². The summed E-state index contributed by atoms with van der Waals surface area (Å²) < 4.78 is 0. The molecule has 0 unspecified atom stereocenters. The zero-order valence-electron chi connectivity index (χ0n) is 15.5. The third kappa shape index (κ3) is 8.70. The average molecular weight is 453 g/mol. The number of guanidine groups is 1. The minimum Gasteiger partial charge on any atom is -0.352 e. The molecule has 1 rings (SSSR count). The van der Waals surface area contributed by atoms with Gasteiger partial charge in [0, 0.05) is 33.2 Å². The van der Waals surface area contributed by atoms with Crippen molar-refractivity contribution in [3.8, 4) is 0 Å². The maximum Gasteiger partial charge on any atom is 0.242 e. The van der Waals surface area contributed by atoms with Gasteiger partial charge in [0.05, 0.1) is 6.54 Å². The van der Waals surface area contributed by atoms with Crippen molar-refractivity contribution >= 4 is 41.8 Å². The first kappa shape index (κ1) is 22.9. The molecule has 1 heterocycles. The number of halogens is 1. The number of likely N-dealkylation sites (tertiary alicyclic amines) is 1. The largest absolute Gasteiger partial charge is 0.352 e. The number of carbonyl (C=O) groups is 2. The van der Waals surface area contributed by atoms with Gasteiger partial charge in [0.15, 0.2) is 5.96 Å². The molecule has 0 radical (unpaired) electrons. The van der Waals surface area contributed by atoms with Crippen LogP contribution in [0.25, 0.3) is 0 Å². The monoisotopic (exact) mass is 453 g/mol. The van der Waals surface area contributed by atoms with Crippen molar-refractivity contribution in [2.24, 2.45) is 10.9 Å². The van der Waals surface area contributed by atoms with Gasteiger partial charge < -0.3 is 20.4 Å². The van der Waals surface area contributed by atoms with Crippen LogP contribution in [0.2, 0.25) is 0 Å². The molecule has 2 N–H and O–H groups in total. The molecule has 1 aliphatic heterocycles. The number of piperidine rings is 1. The molecule has 1 aliphatic rings. The predicted molar refractivity (Wildman–Crippen MR) is 108 cm³/mol. The van der Waals surface area contributed by atoms with E-state index in [1.807, 2.05) is 13.8 Å². The van der Waals surface area contributed by atoms with Gasteiger partial charge in [-0.1, -0.05) is 6.92 Å². The summed E-state index contributed by atoms with van der Waals surface area (Å²) in [6.45, 7) is 8.13. The Morgan fingerprint density at radius 3 is 2.33 bits per heavy atom. The fourth-order valence-electron chi connectivity index (χ4n) is 2.32. The quantitative estimate of drug-likeness (QED) is 0.369. The SMILES string of the molecule is CC1CCN(C(=NCC(=O)NC(C)C)NCC(=O)N(C)C)CC1.I. The van der Waals surface area contributed by atoms with Crippen LogP contribution in [0.15, 0.2) is 4.99 Å². The second-order valence-electron chi connectivity index (χ2n) is 6.67. The number of hydrogen-bond acceptors (Lipinski definition) is 3. The second-order valence-corrected chi connectivity index (χ2v) is 6.67. The number of amides is 2. The zero-order chi connectivity index (χ0) is 17.4. The molecule has 0 atom stereocenters. The van der Waals surface area contributed by atoms with E-state index in [4.69, 9.17) is 0 Å². The van der Waals surface area contributed by atoms with Crippen molar-refractivity contribution in [3.63, 3.8) is 0 Å². The standard InChI is InChI=1S/C16H31N5O2.HI/c1-12(2)19-14(22)10-17-16(18-11-15(23)20(4)5)21-8-6-13(3)7-9-21;/h12-13H,6-11H2,1-5H3,(H,17,18)(H,19,22);1H. The van der Waals surface area contributed by atoms with Gasteiger partial charge in [-0.25, -0.2) is 4.99 Å². The Hall–Kier alpha value is -1.06. The van der Waals surface area contributed by atoms with Crippen molar-refractivity contribution in [3.05, 3.63) is 0 Å². The van der Waals surface area contributed by atoms with E-state index in [0.29, 0.717) is 11.9 Å². The summed E-state index contributed by atoms with van der Waals surface area (Å²) in [5.74, 6) is 1.23. The molecule has 140 valence electrons. The van der Waals surface area contributed by atoms with Crippen LogP contribution < -0.4 is 10.6 Å². The van der Waals surface area contributed by atoms with Gasteiger partial charge in [0.2, 0.25) is 11.8 Å². The van der Waals surface area contributed by atoms with Crippen LogP contribution in [0.1, 0.15) is 33.6 Å². The fourth-order valence-corrected chi connectivity index (χ4v) is 2.32. The molecule has 0 aliphatic carbocycles. The van der Waals surface area contributed by atoms with E-state index in [0.717, 1.165) is 25.9 Å². The van der Waals surface area contributed by atoms with Crippen LogP contribution >= 0.6 is 24.0 Å². The lowest BCUT2D eigenvalue weighted by Gasteiger charge is -2.33. The van der Waals surface area contributed by atoms with E-state index in [1.54, 1.807) is 14.1 Å². The fraction of sp³-hybridized carbons (Fsp3) is 0.812. The number of nitrogens with zero attached hydrogens (tertiary/aromatic N) is 3. The Bertz CT molecular complexity index is 432. The molecule has 0 spiro atoms. The topological polar surface area (TPSA) is 77.0 Å². The number of aliphatic imine (C=N–C) groups is 1. The summed E-state index contributed by atoms with van der Waals surface area (Å²) in [7, 11) is 3.44. The third-order valence-electron chi connectivity index (χ3n) is 3.80. The number of rotatable bonds is 5. The van der Waals surface area contributed by atoms with Gasteiger partial charge in [-0.2, -0.15) is 0 Å². The Balaban J connectivity index is 0.00000529. The van der Waals surface area contributed by atoms with Crippen LogP contribution in [0.3, 0.4) is 0 Å². The third-order valence-corrected chi connectivity index (χ3v) is 3.80. The van der Waals surface area contributed by atoms with E-state index in [1.165, 1.54) is 4.90 Å². The van der Waals surface area contributed by atoms with Gasteiger partial charge >= 0.3 is 0 Å². The molecule has 1 fully saturated rings. The molecular formula is C16H32IN5O2. The van der Waals surface area contributed by atoms with Crippen LogP contribution in [-0.2, 0) is 9.59 Å². The lowest BCUT2D eigenvalue weighted by atomic mass is 10.00. The molecule has 0 bridgehead atoms. The lowest BCUT2D eigenvalue weighted by molar-refractivity contribution is -0.127. The van der Waals surface area contributed by atoms with Crippen LogP contribution in [-0.4, -0.2) is 73.9 Å². The van der Waals surface area contributed by atoms with Crippen LogP contribution in [0.5, 0.6) is 0 Å². The normalized spacial score (nSPS) is 15.8. The molecular weight excluding hydrogens is 421 g/mol. The minimum atomic E-state index is -0.108. The summed E-state index contributed by atoms with van der Waals surface area (Å²) in [6, 6.07) is 0.0975. The number of hydrogen-bond donors (Lipinski definition) is 2. The summed E-state index contributed by atoms with van der Waals surface area (Å²) in [5, 5.41) is 5.92. The van der Waals surface area contributed by atoms with Gasteiger partial charge in [0.1, 0.15) is 6.54 Å². The molecule has 7 nitrogen and oxygen atoms in total. The Labute approximate surface area is 162 Å². The Morgan fingerprint density at radius 2 is 1.83 bits per heavy atom. The second kappa shape index (κ2) is 11.5. The molecule has 1 saturated heterocycles. The van der Waals surface area contributed by atoms with E-state index in [-0.39, 0.29) is 54.9 Å². The molecule has 0 aromatic rings. The highest BCUT2D eigenvalue weighted by Gasteiger charge is 2.20. The van der Waals surface area contributed by atoms with E-state index in [9.17, 15) is 9.59 Å². The summed E-state index contributed by atoms with van der Waals surface area (Å²) in [4.78, 5) is 31.6. The summed E-state index contributed by atoms with van der Waals surface area (Å²) >= 11 is 0. The minimum absolute atomic E-state index is 0. The van der Waals surface area contributed by atoms with Gasteiger partial charge in [-0.15, -0.1) is 24.0 Å². The van der Waals surface area contributed by atoms with E-state index < -0.39 is 0 Å². The van der Waals surface area contributed by atoms with E-state index in [2.05, 4.69) is 27.4 Å². The first-order valence-electron chi connectivity index (χ1n) is 8.32. The van der Waals surface area contributed by atoms with Crippen molar-refractivity contribution < 1.29 is 9.59 Å². The maximum absolute atomic E-state index is 11.8. The summed E-state index contributed by atoms with van der Waals surface area (Å²) in [5.41, 5.74) is 0. The van der Waals surface area contributed by atoms with Crippen molar-refractivity contribution in [2.75, 3.05) is 40.3 Å². The molecule has 0 aromatic carbocycles. The number of likely N-dealkylation sites (N-methyl/N-ethyl adjacent to an activating group) is 1. The maximum atomic E-state index is 11.8. The molecule has 0 aromatic heterocycles. The highest BCUT2D eigenvalue weighted by molar-refractivity contribution is 14.0. The zero-order valence-corrected chi connectivity index (χ0v) is 17.8. The first-order valence-corrected chi connectivity index (χ1v) is 8.32. The van der Waals surface area contributed by atoms with Crippen molar-refractivity contribution in [1.82, 2.24) is 20.4 Å². The number of nitrogens with one attached hydrogen (secondary N) is 2. The van der Waals surface area contributed by atoms with Gasteiger partial charge in [-0.3, -0.25) is 9.59 Å². The van der Waals surface area contributed by atoms with Crippen molar-refractivity contribution in [1.29, 1.82) is 0 Å². The number of carbonyl (C=O) groups excluding carboxylic acids is 2. The first-order chi connectivity index (χ1) is 10.8. The Morgan fingerprint density at radius 1 is 1.25 bits per heavy atom. The van der Waals surface area contributed by atoms with Gasteiger partial charge in [-0.05, 0) is 32.6 Å². The lowest BCUT2D eigenvalue weighted by Crippen LogP contribution is -2.48. The smallest absolute Gasteiger partial charge is 0.242 e. The molecule has 0 saturated carbocycles. The molecule has 2 amide bonds. The molecule has 24 heavy (non-hydrogen) atoms. The van der Waals surface area contributed by atoms with Crippen LogP contribution in [0, 0.1) is 5.92 Å². The highest BCUT2D eigenvalue weighted by atomic mass is 127. The van der Waals surface area contributed by atoms with Crippen molar-refractivity contribution in [2.45, 2.75) is 39.7 Å².